The van der Waals surface area contributed by atoms with Crippen molar-refractivity contribution in [1.29, 1.82) is 0 Å². The molecule has 0 aromatic heterocycles. The van der Waals surface area contributed by atoms with Gasteiger partial charge in [0.1, 0.15) is 0 Å². The summed E-state index contributed by atoms with van der Waals surface area (Å²) in [5.74, 6) is -1.23. The summed E-state index contributed by atoms with van der Waals surface area (Å²) < 4.78 is 0. The van der Waals surface area contributed by atoms with Crippen LogP contribution >= 0.6 is 0 Å². The van der Waals surface area contributed by atoms with Crippen molar-refractivity contribution >= 4 is 33.5 Å². The highest BCUT2D eigenvalue weighted by atomic mass is 16.4. The highest BCUT2D eigenvalue weighted by Gasteiger charge is 2.24. The molecule has 0 spiro atoms. The molecule has 0 aliphatic heterocycles. The zero-order chi connectivity index (χ0) is 26.3. The van der Waals surface area contributed by atoms with Crippen LogP contribution in [0.5, 0.6) is 0 Å². The first-order chi connectivity index (χ1) is 17.0. The zero-order valence-electron chi connectivity index (χ0n) is 21.9. The molecular formula is C32H34O4. The van der Waals surface area contributed by atoms with Crippen LogP contribution in [-0.2, 0) is 22.4 Å². The molecule has 4 rings (SSSR count). The van der Waals surface area contributed by atoms with Crippen LogP contribution in [0.2, 0.25) is 0 Å². The molecule has 0 amide bonds. The number of hydrogen-bond acceptors (Lipinski definition) is 2. The van der Waals surface area contributed by atoms with E-state index in [1.54, 1.807) is 0 Å². The van der Waals surface area contributed by atoms with Crippen LogP contribution < -0.4 is 0 Å². The Morgan fingerprint density at radius 1 is 0.639 bits per heavy atom. The van der Waals surface area contributed by atoms with E-state index in [1.165, 1.54) is 11.1 Å². The van der Waals surface area contributed by atoms with Gasteiger partial charge < -0.3 is 10.2 Å². The SMILES string of the molecule is Cc1cc2c(C(C)C)cccc2c(CC(=O)O)c1-c1c(C)cc2c(C(C)C)cccc2c1CC(=O)O. The van der Waals surface area contributed by atoms with Gasteiger partial charge in [0.2, 0.25) is 0 Å². The summed E-state index contributed by atoms with van der Waals surface area (Å²) in [7, 11) is 0. The minimum Gasteiger partial charge on any atom is -0.481 e. The molecule has 0 saturated carbocycles. The van der Waals surface area contributed by atoms with Crippen molar-refractivity contribution in [2.75, 3.05) is 0 Å². The molecule has 36 heavy (non-hydrogen) atoms. The highest BCUT2D eigenvalue weighted by molar-refractivity contribution is 6.03. The lowest BCUT2D eigenvalue weighted by Crippen LogP contribution is -2.09. The van der Waals surface area contributed by atoms with E-state index >= 15 is 0 Å². The van der Waals surface area contributed by atoms with Crippen LogP contribution in [0.4, 0.5) is 0 Å². The van der Waals surface area contributed by atoms with E-state index in [0.29, 0.717) is 0 Å². The summed E-state index contributed by atoms with van der Waals surface area (Å²) >= 11 is 0. The van der Waals surface area contributed by atoms with Gasteiger partial charge in [-0.05, 0) is 91.7 Å². The Hall–Kier alpha value is -3.66. The van der Waals surface area contributed by atoms with Crippen molar-refractivity contribution < 1.29 is 19.8 Å². The number of aliphatic carboxylic acids is 2. The van der Waals surface area contributed by atoms with E-state index in [0.717, 1.165) is 54.9 Å². The number of aryl methyl sites for hydroxylation is 2. The zero-order valence-corrected chi connectivity index (χ0v) is 21.9. The summed E-state index contributed by atoms with van der Waals surface area (Å²) in [6.07, 6.45) is -0.268. The van der Waals surface area contributed by atoms with E-state index in [2.05, 4.69) is 52.0 Å². The van der Waals surface area contributed by atoms with Gasteiger partial charge in [0.05, 0.1) is 12.8 Å². The van der Waals surface area contributed by atoms with Crippen LogP contribution in [0.25, 0.3) is 32.7 Å². The number of hydrogen-bond donors (Lipinski definition) is 2. The maximum absolute atomic E-state index is 12.1. The van der Waals surface area contributed by atoms with Crippen LogP contribution in [0, 0.1) is 13.8 Å². The normalized spacial score (nSPS) is 11.7. The topological polar surface area (TPSA) is 74.6 Å². The average Bonchev–Trinajstić information content (AvgIpc) is 2.78. The predicted molar refractivity (Wildman–Crippen MR) is 147 cm³/mol. The summed E-state index contributed by atoms with van der Waals surface area (Å²) in [4.78, 5) is 24.2. The van der Waals surface area contributed by atoms with E-state index in [-0.39, 0.29) is 24.7 Å². The first kappa shape index (κ1) is 25.4. The molecule has 186 valence electrons. The van der Waals surface area contributed by atoms with Gasteiger partial charge >= 0.3 is 11.9 Å². The third-order valence-electron chi connectivity index (χ3n) is 7.19. The third-order valence-corrected chi connectivity index (χ3v) is 7.19. The van der Waals surface area contributed by atoms with Gasteiger partial charge in [-0.15, -0.1) is 0 Å². The Balaban J connectivity index is 2.20. The minimum absolute atomic E-state index is 0.134. The van der Waals surface area contributed by atoms with E-state index in [1.807, 2.05) is 38.1 Å². The summed E-state index contributed by atoms with van der Waals surface area (Å²) in [5.41, 5.74) is 7.45. The second-order valence-corrected chi connectivity index (χ2v) is 10.4. The Morgan fingerprint density at radius 2 is 1.00 bits per heavy atom. The second kappa shape index (κ2) is 9.77. The van der Waals surface area contributed by atoms with Gasteiger partial charge in [-0.25, -0.2) is 0 Å². The van der Waals surface area contributed by atoms with E-state index in [9.17, 15) is 19.8 Å². The van der Waals surface area contributed by atoms with Gasteiger partial charge in [-0.3, -0.25) is 9.59 Å². The monoisotopic (exact) mass is 482 g/mol. The molecule has 0 unspecified atom stereocenters. The van der Waals surface area contributed by atoms with Gasteiger partial charge in [0, 0.05) is 0 Å². The fraction of sp³-hybridized carbons (Fsp3) is 0.312. The number of carbonyl (C=O) groups is 2. The van der Waals surface area contributed by atoms with Crippen LogP contribution in [-0.4, -0.2) is 22.2 Å². The third kappa shape index (κ3) is 4.48. The van der Waals surface area contributed by atoms with Gasteiger partial charge in [-0.1, -0.05) is 76.2 Å². The van der Waals surface area contributed by atoms with Gasteiger partial charge in [0.25, 0.3) is 0 Å². The lowest BCUT2D eigenvalue weighted by Gasteiger charge is -2.24. The number of benzene rings is 4. The maximum Gasteiger partial charge on any atom is 0.307 e. The van der Waals surface area contributed by atoms with Gasteiger partial charge in [0.15, 0.2) is 0 Å². The van der Waals surface area contributed by atoms with Crippen molar-refractivity contribution in [3.8, 4) is 11.1 Å². The molecule has 0 fully saturated rings. The largest absolute Gasteiger partial charge is 0.481 e. The highest BCUT2D eigenvalue weighted by Crippen LogP contribution is 2.43. The molecule has 0 saturated heterocycles. The number of carboxylic acid groups (broad SMARTS) is 2. The predicted octanol–water partition coefficient (Wildman–Crippen LogP) is 7.78. The van der Waals surface area contributed by atoms with Crippen molar-refractivity contribution in [3.63, 3.8) is 0 Å². The molecule has 4 nitrogen and oxygen atoms in total. The molecule has 4 aromatic carbocycles. The van der Waals surface area contributed by atoms with Crippen LogP contribution in [0.1, 0.15) is 72.9 Å². The first-order valence-corrected chi connectivity index (χ1v) is 12.5. The summed E-state index contributed by atoms with van der Waals surface area (Å²) in [5, 5.41) is 23.8. The molecule has 0 bridgehead atoms. The molecular weight excluding hydrogens is 448 g/mol. The molecule has 0 aliphatic rings. The van der Waals surface area contributed by atoms with Crippen molar-refractivity contribution in [3.05, 3.63) is 81.9 Å². The molecule has 4 aromatic rings. The molecule has 0 radical (unpaired) electrons. The number of fused-ring (bicyclic) bond motifs is 2. The first-order valence-electron chi connectivity index (χ1n) is 12.5. The van der Waals surface area contributed by atoms with E-state index in [4.69, 9.17) is 0 Å². The van der Waals surface area contributed by atoms with Gasteiger partial charge in [-0.2, -0.15) is 0 Å². The van der Waals surface area contributed by atoms with E-state index < -0.39 is 11.9 Å². The lowest BCUT2D eigenvalue weighted by atomic mass is 9.80. The Labute approximate surface area is 212 Å². The minimum atomic E-state index is -0.904. The van der Waals surface area contributed by atoms with Crippen LogP contribution in [0.15, 0.2) is 48.5 Å². The van der Waals surface area contributed by atoms with Crippen LogP contribution in [0.3, 0.4) is 0 Å². The Bertz CT molecular complexity index is 1390. The second-order valence-electron chi connectivity index (χ2n) is 10.4. The Kier molecular flexibility index (Phi) is 6.90. The fourth-order valence-corrected chi connectivity index (χ4v) is 5.71. The van der Waals surface area contributed by atoms with Crippen molar-refractivity contribution in [2.45, 2.75) is 66.2 Å². The average molecular weight is 483 g/mol. The summed E-state index contributed by atoms with van der Waals surface area (Å²) in [6, 6.07) is 16.4. The standard InChI is InChI=1S/C32H34O4/c1-17(2)21-9-7-11-23-25(21)13-19(5)31(27(23)15-29(33)34)32-20(6)14-26-22(18(3)4)10-8-12-24(26)28(32)16-30(35)36/h7-14,17-18H,15-16H2,1-6H3,(H,33,34)(H,35,36). The molecule has 0 heterocycles. The smallest absolute Gasteiger partial charge is 0.307 e. The van der Waals surface area contributed by atoms with Crippen molar-refractivity contribution in [1.82, 2.24) is 0 Å². The Morgan fingerprint density at radius 3 is 1.31 bits per heavy atom. The fourth-order valence-electron chi connectivity index (χ4n) is 5.71. The maximum atomic E-state index is 12.1. The molecule has 0 atom stereocenters. The molecule has 0 aliphatic carbocycles. The summed E-state index contributed by atoms with van der Waals surface area (Å²) in [6.45, 7) is 12.6. The molecule has 2 N–H and O–H groups in total. The lowest BCUT2D eigenvalue weighted by molar-refractivity contribution is -0.137. The quantitative estimate of drug-likeness (QED) is 0.282. The number of carboxylic acids is 2. The number of rotatable bonds is 7. The van der Waals surface area contributed by atoms with Crippen molar-refractivity contribution in [2.24, 2.45) is 0 Å². The molecule has 4 heteroatoms.